The van der Waals surface area contributed by atoms with E-state index < -0.39 is 0 Å². The normalized spacial score (nSPS) is 36.6. The van der Waals surface area contributed by atoms with Gasteiger partial charge in [0.1, 0.15) is 5.76 Å². The molecule has 6 rings (SSSR count). The van der Waals surface area contributed by atoms with Gasteiger partial charge in [0.15, 0.2) is 0 Å². The molecule has 1 aromatic heterocycles. The molecule has 2 fully saturated rings. The maximum absolute atomic E-state index is 12.3. The van der Waals surface area contributed by atoms with Gasteiger partial charge in [-0.25, -0.2) is 4.79 Å². The first-order chi connectivity index (χ1) is 9.79. The molecule has 0 aromatic carbocycles. The van der Waals surface area contributed by atoms with Crippen molar-refractivity contribution in [2.75, 3.05) is 0 Å². The molecule has 5 aliphatic rings. The average molecular weight is 268 g/mol. The quantitative estimate of drug-likeness (QED) is 0.723. The highest BCUT2D eigenvalue weighted by Crippen LogP contribution is 2.54. The number of fused-ring (bicyclic) bond motifs is 1. The lowest BCUT2D eigenvalue weighted by Gasteiger charge is -2.38. The van der Waals surface area contributed by atoms with Crippen LogP contribution in [0.2, 0.25) is 0 Å². The zero-order chi connectivity index (χ0) is 13.3. The Morgan fingerprint density at radius 1 is 0.850 bits per heavy atom. The Labute approximate surface area is 118 Å². The lowest BCUT2D eigenvalue weighted by molar-refractivity contribution is 0.160. The van der Waals surface area contributed by atoms with Crippen LogP contribution in [0, 0.1) is 11.8 Å². The van der Waals surface area contributed by atoms with E-state index in [1.165, 1.54) is 42.9 Å². The standard InChI is InChI=1S/C18H20O2/c19-18-15-4-2-1-3-14(15)16-12-6-10-5-11(7-12)9-13(8-10)17(16)20-18/h3-4,10-13H,1-2,5-9H2. The minimum Gasteiger partial charge on any atom is -0.427 e. The lowest BCUT2D eigenvalue weighted by atomic mass is 9.67. The fourth-order valence-electron chi connectivity index (χ4n) is 5.49. The summed E-state index contributed by atoms with van der Waals surface area (Å²) in [5.74, 6) is 4.00. The van der Waals surface area contributed by atoms with Crippen molar-refractivity contribution in [1.29, 1.82) is 0 Å². The molecule has 2 nitrogen and oxygen atoms in total. The fraction of sp³-hybridized carbons (Fsp3) is 0.611. The topological polar surface area (TPSA) is 30.2 Å². The molecule has 2 heteroatoms. The van der Waals surface area contributed by atoms with Crippen LogP contribution >= 0.6 is 0 Å². The highest BCUT2D eigenvalue weighted by Gasteiger charge is 2.44. The van der Waals surface area contributed by atoms with Crippen molar-refractivity contribution >= 4 is 12.2 Å². The summed E-state index contributed by atoms with van der Waals surface area (Å²) in [6.07, 6.45) is 13.0. The van der Waals surface area contributed by atoms with Gasteiger partial charge in [-0.05, 0) is 67.9 Å². The summed E-state index contributed by atoms with van der Waals surface area (Å²) in [7, 11) is 0. The Morgan fingerprint density at radius 2 is 1.50 bits per heavy atom. The van der Waals surface area contributed by atoms with Crippen molar-refractivity contribution < 1.29 is 4.42 Å². The van der Waals surface area contributed by atoms with E-state index >= 15 is 0 Å². The van der Waals surface area contributed by atoms with Crippen LogP contribution in [0.1, 0.15) is 68.1 Å². The summed E-state index contributed by atoms with van der Waals surface area (Å²) >= 11 is 0. The molecule has 2 saturated carbocycles. The average Bonchev–Trinajstić information content (AvgIpc) is 2.61. The third-order valence-electron chi connectivity index (χ3n) is 6.05. The Balaban J connectivity index is 1.88. The van der Waals surface area contributed by atoms with Gasteiger partial charge in [-0.2, -0.15) is 0 Å². The van der Waals surface area contributed by atoms with E-state index in [-0.39, 0.29) is 5.63 Å². The first kappa shape index (κ1) is 11.4. The van der Waals surface area contributed by atoms with Gasteiger partial charge in [0, 0.05) is 11.5 Å². The molecule has 104 valence electrons. The van der Waals surface area contributed by atoms with Gasteiger partial charge in [-0.1, -0.05) is 12.2 Å². The maximum atomic E-state index is 12.3. The molecule has 0 radical (unpaired) electrons. The first-order valence-electron chi connectivity index (χ1n) is 8.17. The third-order valence-corrected chi connectivity index (χ3v) is 6.05. The second kappa shape index (κ2) is 3.87. The summed E-state index contributed by atoms with van der Waals surface area (Å²) < 4.78 is 5.85. The molecule has 0 spiro atoms. The third kappa shape index (κ3) is 1.43. The zero-order valence-electron chi connectivity index (χ0n) is 11.7. The van der Waals surface area contributed by atoms with Crippen LogP contribution in [0.3, 0.4) is 0 Å². The predicted molar refractivity (Wildman–Crippen MR) is 77.9 cm³/mol. The van der Waals surface area contributed by atoms with Gasteiger partial charge < -0.3 is 4.42 Å². The monoisotopic (exact) mass is 268 g/mol. The molecule has 4 bridgehead atoms. The summed E-state index contributed by atoms with van der Waals surface area (Å²) in [5, 5.41) is 2.11. The molecule has 1 aromatic rings. The van der Waals surface area contributed by atoms with Crippen LogP contribution in [0.25, 0.3) is 12.2 Å². The second-order valence-electron chi connectivity index (χ2n) is 7.28. The molecule has 5 aliphatic carbocycles. The van der Waals surface area contributed by atoms with Crippen molar-refractivity contribution in [3.8, 4) is 0 Å². The van der Waals surface area contributed by atoms with Gasteiger partial charge in [-0.15, -0.1) is 0 Å². The van der Waals surface area contributed by atoms with E-state index in [4.69, 9.17) is 4.42 Å². The molecule has 20 heavy (non-hydrogen) atoms. The molecule has 2 atom stereocenters. The number of hydrogen-bond donors (Lipinski definition) is 0. The van der Waals surface area contributed by atoms with E-state index in [2.05, 4.69) is 12.2 Å². The van der Waals surface area contributed by atoms with Crippen molar-refractivity contribution in [1.82, 2.24) is 0 Å². The van der Waals surface area contributed by atoms with Gasteiger partial charge in [0.2, 0.25) is 0 Å². The largest absolute Gasteiger partial charge is 0.427 e. The fourth-order valence-corrected chi connectivity index (χ4v) is 5.49. The Morgan fingerprint density at radius 3 is 2.25 bits per heavy atom. The number of hydrogen-bond acceptors (Lipinski definition) is 2. The van der Waals surface area contributed by atoms with Crippen LogP contribution in [0.15, 0.2) is 9.21 Å². The van der Waals surface area contributed by atoms with Crippen LogP contribution in [-0.4, -0.2) is 0 Å². The lowest BCUT2D eigenvalue weighted by Crippen LogP contribution is -2.43. The summed E-state index contributed by atoms with van der Waals surface area (Å²) in [4.78, 5) is 12.3. The van der Waals surface area contributed by atoms with Gasteiger partial charge >= 0.3 is 5.63 Å². The van der Waals surface area contributed by atoms with Crippen LogP contribution in [0.4, 0.5) is 0 Å². The minimum absolute atomic E-state index is 0.0871. The summed E-state index contributed by atoms with van der Waals surface area (Å²) in [5.41, 5.74) is 1.35. The first-order valence-corrected chi connectivity index (χ1v) is 8.17. The highest BCUT2D eigenvalue weighted by atomic mass is 16.4. The smallest absolute Gasteiger partial charge is 0.343 e. The zero-order valence-corrected chi connectivity index (χ0v) is 11.7. The van der Waals surface area contributed by atoms with Crippen molar-refractivity contribution in [3.05, 3.63) is 32.2 Å². The molecule has 2 unspecified atom stereocenters. The second-order valence-corrected chi connectivity index (χ2v) is 7.28. The van der Waals surface area contributed by atoms with Gasteiger partial charge in [-0.3, -0.25) is 0 Å². The van der Waals surface area contributed by atoms with E-state index in [1.54, 1.807) is 0 Å². The van der Waals surface area contributed by atoms with Crippen molar-refractivity contribution in [2.24, 2.45) is 11.8 Å². The van der Waals surface area contributed by atoms with E-state index in [0.717, 1.165) is 35.7 Å². The van der Waals surface area contributed by atoms with Crippen molar-refractivity contribution in [2.45, 2.75) is 56.8 Å². The summed E-state index contributed by atoms with van der Waals surface area (Å²) in [6, 6.07) is 0. The van der Waals surface area contributed by atoms with Crippen LogP contribution in [-0.2, 0) is 0 Å². The highest BCUT2D eigenvalue weighted by molar-refractivity contribution is 5.44. The SMILES string of the molecule is O=c1oc2c(c3c1=CCCC=3)C1CC3CC(CC2C3)C1. The Bertz CT molecular complexity index is 741. The molecule has 1 heterocycles. The summed E-state index contributed by atoms with van der Waals surface area (Å²) in [6.45, 7) is 0. The van der Waals surface area contributed by atoms with Crippen LogP contribution in [0.5, 0.6) is 0 Å². The van der Waals surface area contributed by atoms with E-state index in [1.807, 2.05) is 0 Å². The van der Waals surface area contributed by atoms with Gasteiger partial charge in [0.25, 0.3) is 0 Å². The van der Waals surface area contributed by atoms with E-state index in [9.17, 15) is 4.79 Å². The Kier molecular flexibility index (Phi) is 2.20. The molecule has 0 N–H and O–H groups in total. The number of rotatable bonds is 0. The Hall–Kier alpha value is -1.31. The molecule has 0 amide bonds. The van der Waals surface area contributed by atoms with Gasteiger partial charge in [0.05, 0.1) is 5.22 Å². The molecule has 0 saturated heterocycles. The molecule has 0 aliphatic heterocycles. The molecular weight excluding hydrogens is 248 g/mol. The van der Waals surface area contributed by atoms with Crippen molar-refractivity contribution in [3.63, 3.8) is 0 Å². The predicted octanol–water partition coefficient (Wildman–Crippen LogP) is 2.39. The van der Waals surface area contributed by atoms with Crippen LogP contribution < -0.4 is 16.1 Å². The van der Waals surface area contributed by atoms with E-state index in [0.29, 0.717) is 11.8 Å². The minimum atomic E-state index is -0.0871. The molecular formula is C18H20O2. The maximum Gasteiger partial charge on any atom is 0.343 e.